The fraction of sp³-hybridized carbons (Fsp3) is 0.308. The molecule has 0 aliphatic heterocycles. The van der Waals surface area contributed by atoms with Gasteiger partial charge in [-0.3, -0.25) is 0 Å². The van der Waals surface area contributed by atoms with Crippen molar-refractivity contribution in [2.24, 2.45) is 5.73 Å². The lowest BCUT2D eigenvalue weighted by Crippen LogP contribution is -1.95. The van der Waals surface area contributed by atoms with Crippen molar-refractivity contribution >= 4 is 23.7 Å². The number of hydrogen-bond acceptors (Lipinski definition) is 3. The van der Waals surface area contributed by atoms with E-state index >= 15 is 0 Å². The van der Waals surface area contributed by atoms with Gasteiger partial charge in [0, 0.05) is 17.0 Å². The Morgan fingerprint density at radius 1 is 1.24 bits per heavy atom. The normalized spacial score (nSPS) is 10.1. The first-order valence-corrected chi connectivity index (χ1v) is 6.32. The van der Waals surface area contributed by atoms with Gasteiger partial charge >= 0.3 is 0 Å². The molecule has 0 atom stereocenters. The molecule has 2 nitrogen and oxygen atoms in total. The molecule has 1 aromatic carbocycles. The molecule has 4 heteroatoms. The predicted molar refractivity (Wildman–Crippen MR) is 76.8 cm³/mol. The molecular weight excluding hydrogens is 252 g/mol. The first kappa shape index (κ1) is 14.2. The summed E-state index contributed by atoms with van der Waals surface area (Å²) in [6, 6.07) is 8.33. The molecule has 0 aliphatic rings. The molecule has 0 spiro atoms. The monoisotopic (exact) mass is 268 g/mol. The van der Waals surface area contributed by atoms with E-state index in [-0.39, 0.29) is 12.4 Å². The molecule has 2 rings (SSSR count). The Labute approximate surface area is 112 Å². The molecule has 2 aromatic rings. The number of aryl methyl sites for hydroxylation is 2. The Balaban J connectivity index is 0.00000144. The number of hydrogen-bond donors (Lipinski definition) is 1. The molecule has 0 unspecified atom stereocenters. The van der Waals surface area contributed by atoms with Gasteiger partial charge in [0.05, 0.1) is 5.69 Å². The second kappa shape index (κ2) is 6.15. The van der Waals surface area contributed by atoms with E-state index in [1.54, 1.807) is 11.3 Å². The summed E-state index contributed by atoms with van der Waals surface area (Å²) >= 11 is 1.76. The lowest BCUT2D eigenvalue weighted by molar-refractivity contribution is 1.05. The number of nitrogens with two attached hydrogens (primary N) is 1. The van der Waals surface area contributed by atoms with Crippen LogP contribution in [0.15, 0.2) is 24.3 Å². The Hall–Kier alpha value is -0.900. The molecule has 2 N–H and O–H groups in total. The molecular formula is C13H17ClN2S. The van der Waals surface area contributed by atoms with E-state index in [4.69, 9.17) is 5.73 Å². The van der Waals surface area contributed by atoms with Crippen molar-refractivity contribution in [2.75, 3.05) is 0 Å². The lowest BCUT2D eigenvalue weighted by atomic mass is 10.1. The van der Waals surface area contributed by atoms with Crippen molar-refractivity contribution in [3.05, 3.63) is 40.4 Å². The summed E-state index contributed by atoms with van der Waals surface area (Å²) in [5.74, 6) is 0. The first-order chi connectivity index (χ1) is 7.74. The number of thiazole rings is 1. The minimum absolute atomic E-state index is 0. The van der Waals surface area contributed by atoms with Crippen LogP contribution in [0.2, 0.25) is 0 Å². The van der Waals surface area contributed by atoms with E-state index in [2.05, 4.69) is 43.1 Å². The van der Waals surface area contributed by atoms with Gasteiger partial charge in [0.1, 0.15) is 5.01 Å². The van der Waals surface area contributed by atoms with E-state index in [0.29, 0.717) is 6.54 Å². The molecule has 1 aromatic heterocycles. The van der Waals surface area contributed by atoms with E-state index in [1.165, 1.54) is 16.1 Å². The Morgan fingerprint density at radius 3 is 2.35 bits per heavy atom. The molecule has 0 radical (unpaired) electrons. The topological polar surface area (TPSA) is 38.9 Å². The van der Waals surface area contributed by atoms with Gasteiger partial charge in [-0.2, -0.15) is 0 Å². The molecule has 0 fully saturated rings. The first-order valence-electron chi connectivity index (χ1n) is 5.50. The molecule has 0 aliphatic carbocycles. The maximum atomic E-state index is 5.58. The number of nitrogens with zero attached hydrogens (tertiary/aromatic N) is 1. The van der Waals surface area contributed by atoms with Crippen LogP contribution < -0.4 is 5.73 Å². The fourth-order valence-corrected chi connectivity index (χ4v) is 2.67. The van der Waals surface area contributed by atoms with Gasteiger partial charge in [-0.15, -0.1) is 23.7 Å². The van der Waals surface area contributed by atoms with Crippen LogP contribution in [0.5, 0.6) is 0 Å². The molecule has 0 saturated carbocycles. The average molecular weight is 269 g/mol. The van der Waals surface area contributed by atoms with Gasteiger partial charge < -0.3 is 5.73 Å². The quantitative estimate of drug-likeness (QED) is 0.924. The van der Waals surface area contributed by atoms with Crippen molar-refractivity contribution < 1.29 is 0 Å². The zero-order valence-electron chi connectivity index (χ0n) is 10.1. The van der Waals surface area contributed by atoms with Gasteiger partial charge in [0.15, 0.2) is 0 Å². The standard InChI is InChI=1S/C13H16N2S.ClH/c1-3-12-9(2)16-13(15-12)11-6-4-10(8-14)5-7-11;/h4-7H,3,8,14H2,1-2H3;1H. The third-order valence-electron chi connectivity index (χ3n) is 2.66. The van der Waals surface area contributed by atoms with Gasteiger partial charge in [0.25, 0.3) is 0 Å². The van der Waals surface area contributed by atoms with Gasteiger partial charge in [-0.1, -0.05) is 31.2 Å². The van der Waals surface area contributed by atoms with Crippen molar-refractivity contribution in [1.29, 1.82) is 0 Å². The zero-order chi connectivity index (χ0) is 11.5. The SMILES string of the molecule is CCc1nc(-c2ccc(CN)cc2)sc1C.Cl. The van der Waals surface area contributed by atoms with E-state index in [0.717, 1.165) is 17.0 Å². The predicted octanol–water partition coefficient (Wildman–Crippen LogP) is 3.56. The molecule has 92 valence electrons. The van der Waals surface area contributed by atoms with E-state index in [1.807, 2.05) is 0 Å². The molecule has 0 saturated heterocycles. The Morgan fingerprint density at radius 2 is 1.88 bits per heavy atom. The maximum absolute atomic E-state index is 5.58. The van der Waals surface area contributed by atoms with Crippen LogP contribution in [0.25, 0.3) is 10.6 Å². The summed E-state index contributed by atoms with van der Waals surface area (Å²) in [6.07, 6.45) is 1.00. The summed E-state index contributed by atoms with van der Waals surface area (Å²) in [6.45, 7) is 4.87. The van der Waals surface area contributed by atoms with E-state index in [9.17, 15) is 0 Å². The largest absolute Gasteiger partial charge is 0.326 e. The summed E-state index contributed by atoms with van der Waals surface area (Å²) < 4.78 is 0. The second-order valence-corrected chi connectivity index (χ2v) is 4.98. The van der Waals surface area contributed by atoms with Crippen molar-refractivity contribution in [1.82, 2.24) is 4.98 Å². The smallest absolute Gasteiger partial charge is 0.123 e. The van der Waals surface area contributed by atoms with Gasteiger partial charge in [0.2, 0.25) is 0 Å². The highest BCUT2D eigenvalue weighted by atomic mass is 35.5. The summed E-state index contributed by atoms with van der Waals surface area (Å²) in [4.78, 5) is 5.96. The average Bonchev–Trinajstić information content (AvgIpc) is 2.71. The number of rotatable bonds is 3. The summed E-state index contributed by atoms with van der Waals surface area (Å²) in [5.41, 5.74) is 9.13. The third-order valence-corrected chi connectivity index (χ3v) is 3.73. The van der Waals surface area contributed by atoms with Crippen LogP contribution in [0, 0.1) is 6.92 Å². The Bertz CT molecular complexity index is 477. The van der Waals surface area contributed by atoms with Crippen LogP contribution >= 0.6 is 23.7 Å². The van der Waals surface area contributed by atoms with Crippen molar-refractivity contribution in [2.45, 2.75) is 26.8 Å². The number of aromatic nitrogens is 1. The van der Waals surface area contributed by atoms with Crippen molar-refractivity contribution in [3.63, 3.8) is 0 Å². The van der Waals surface area contributed by atoms with Gasteiger partial charge in [-0.05, 0) is 18.9 Å². The maximum Gasteiger partial charge on any atom is 0.123 e. The molecule has 0 amide bonds. The lowest BCUT2D eigenvalue weighted by Gasteiger charge is -1.98. The van der Waals surface area contributed by atoms with Crippen LogP contribution in [0.1, 0.15) is 23.1 Å². The highest BCUT2D eigenvalue weighted by Gasteiger charge is 2.07. The van der Waals surface area contributed by atoms with Gasteiger partial charge in [-0.25, -0.2) is 4.98 Å². The minimum atomic E-state index is 0. The van der Waals surface area contributed by atoms with Crippen LogP contribution in [-0.2, 0) is 13.0 Å². The number of benzene rings is 1. The fourth-order valence-electron chi connectivity index (χ4n) is 1.66. The highest BCUT2D eigenvalue weighted by molar-refractivity contribution is 7.15. The van der Waals surface area contributed by atoms with Crippen molar-refractivity contribution in [3.8, 4) is 10.6 Å². The second-order valence-electron chi connectivity index (χ2n) is 3.78. The summed E-state index contributed by atoms with van der Waals surface area (Å²) in [7, 11) is 0. The van der Waals surface area contributed by atoms with Crippen LogP contribution in [0.3, 0.4) is 0 Å². The van der Waals surface area contributed by atoms with Crippen LogP contribution in [0.4, 0.5) is 0 Å². The highest BCUT2D eigenvalue weighted by Crippen LogP contribution is 2.27. The Kier molecular flexibility index (Phi) is 5.12. The van der Waals surface area contributed by atoms with E-state index < -0.39 is 0 Å². The molecule has 0 bridgehead atoms. The molecule has 1 heterocycles. The zero-order valence-corrected chi connectivity index (χ0v) is 11.7. The minimum Gasteiger partial charge on any atom is -0.326 e. The number of halogens is 1. The van der Waals surface area contributed by atoms with Crippen LogP contribution in [-0.4, -0.2) is 4.98 Å². The third kappa shape index (κ3) is 3.06. The molecule has 17 heavy (non-hydrogen) atoms. The summed E-state index contributed by atoms with van der Waals surface area (Å²) in [5, 5.41) is 1.11.